The van der Waals surface area contributed by atoms with Gasteiger partial charge in [0.05, 0.1) is 10.2 Å². The van der Waals surface area contributed by atoms with Crippen LogP contribution in [0.3, 0.4) is 0 Å². The van der Waals surface area contributed by atoms with Crippen molar-refractivity contribution in [2.24, 2.45) is 0 Å². The summed E-state index contributed by atoms with van der Waals surface area (Å²) in [6.45, 7) is 6.82. The van der Waals surface area contributed by atoms with E-state index in [1.165, 1.54) is 4.70 Å². The molecule has 0 amide bonds. The minimum Gasteiger partial charge on any atom is -0.388 e. The molecule has 15 heavy (non-hydrogen) atoms. The lowest BCUT2D eigenvalue weighted by molar-refractivity contribution is 1.45. The molecule has 0 aliphatic heterocycles. The molecule has 80 valence electrons. The summed E-state index contributed by atoms with van der Waals surface area (Å²) < 4.78 is 2.32. The molecule has 2 nitrogen and oxygen atoms in total. The normalized spacial score (nSPS) is 12.0. The standard InChI is InChI=1S/C10H13BrN2SSi/c1-15(2,3)13-10-12-8-6-7(11)4-5-9(8)14-10/h4-6H,1-3H3,(H,12,13). The third-order valence-electron chi connectivity index (χ3n) is 1.83. The van der Waals surface area contributed by atoms with Crippen molar-refractivity contribution in [2.45, 2.75) is 19.6 Å². The van der Waals surface area contributed by atoms with Crippen molar-refractivity contribution in [1.29, 1.82) is 0 Å². The largest absolute Gasteiger partial charge is 0.388 e. The molecule has 1 aromatic heterocycles. The summed E-state index contributed by atoms with van der Waals surface area (Å²) in [5, 5.41) is 1.04. The fourth-order valence-electron chi connectivity index (χ4n) is 1.27. The van der Waals surface area contributed by atoms with E-state index >= 15 is 0 Å². The van der Waals surface area contributed by atoms with Gasteiger partial charge in [0.25, 0.3) is 0 Å². The van der Waals surface area contributed by atoms with Gasteiger partial charge in [-0.15, -0.1) is 0 Å². The van der Waals surface area contributed by atoms with Gasteiger partial charge in [0.2, 0.25) is 0 Å². The van der Waals surface area contributed by atoms with Crippen LogP contribution in [0.2, 0.25) is 19.6 Å². The summed E-state index contributed by atoms with van der Waals surface area (Å²) in [6, 6.07) is 6.21. The van der Waals surface area contributed by atoms with E-state index in [1.807, 2.05) is 0 Å². The Kier molecular flexibility index (Phi) is 2.87. The Hall–Kier alpha value is -0.393. The first kappa shape index (κ1) is 11.1. The van der Waals surface area contributed by atoms with E-state index in [2.05, 4.69) is 63.7 Å². The van der Waals surface area contributed by atoms with Crippen LogP contribution in [0, 0.1) is 0 Å². The Morgan fingerprint density at radius 2 is 2.07 bits per heavy atom. The molecular weight excluding hydrogens is 288 g/mol. The summed E-state index contributed by atoms with van der Waals surface area (Å²) >= 11 is 5.18. The maximum absolute atomic E-state index is 4.57. The van der Waals surface area contributed by atoms with Gasteiger partial charge in [0.1, 0.15) is 8.24 Å². The van der Waals surface area contributed by atoms with Gasteiger partial charge in [-0.3, -0.25) is 0 Å². The van der Waals surface area contributed by atoms with Gasteiger partial charge in [-0.25, -0.2) is 4.98 Å². The van der Waals surface area contributed by atoms with Gasteiger partial charge in [-0.05, 0) is 18.2 Å². The topological polar surface area (TPSA) is 24.9 Å². The number of fused-ring (bicyclic) bond motifs is 1. The Balaban J connectivity index is 2.39. The van der Waals surface area contributed by atoms with Crippen molar-refractivity contribution >= 4 is 50.9 Å². The molecule has 2 aromatic rings. The summed E-state index contributed by atoms with van der Waals surface area (Å²) in [4.78, 5) is 8.09. The van der Waals surface area contributed by atoms with Crippen LogP contribution < -0.4 is 4.98 Å². The molecule has 0 saturated carbocycles. The first-order chi connectivity index (χ1) is 6.94. The first-order valence-corrected chi connectivity index (χ1v) is 9.89. The average Bonchev–Trinajstić information content (AvgIpc) is 2.42. The molecule has 1 heterocycles. The van der Waals surface area contributed by atoms with Gasteiger partial charge in [-0.2, -0.15) is 0 Å². The molecule has 1 N–H and O–H groups in total. The molecular formula is C10H13BrN2SSi. The minimum absolute atomic E-state index is 1.04. The van der Waals surface area contributed by atoms with Crippen LogP contribution in [0.25, 0.3) is 10.2 Å². The van der Waals surface area contributed by atoms with Gasteiger partial charge in [0, 0.05) is 4.47 Å². The molecule has 1 aromatic carbocycles. The van der Waals surface area contributed by atoms with Crippen LogP contribution in [-0.2, 0) is 0 Å². The highest BCUT2D eigenvalue weighted by molar-refractivity contribution is 9.10. The number of nitrogens with zero attached hydrogens (tertiary/aromatic N) is 1. The van der Waals surface area contributed by atoms with Crippen LogP contribution in [0.15, 0.2) is 22.7 Å². The number of hydrogen-bond donors (Lipinski definition) is 1. The zero-order valence-electron chi connectivity index (χ0n) is 8.97. The first-order valence-electron chi connectivity index (χ1n) is 4.78. The number of hydrogen-bond acceptors (Lipinski definition) is 3. The van der Waals surface area contributed by atoms with Crippen LogP contribution in [0.5, 0.6) is 0 Å². The molecule has 0 spiro atoms. The quantitative estimate of drug-likeness (QED) is 0.836. The molecule has 0 bridgehead atoms. The van der Waals surface area contributed by atoms with E-state index in [1.54, 1.807) is 11.3 Å². The smallest absolute Gasteiger partial charge is 0.175 e. The van der Waals surface area contributed by atoms with Crippen molar-refractivity contribution in [1.82, 2.24) is 4.98 Å². The van der Waals surface area contributed by atoms with Crippen molar-refractivity contribution in [3.63, 3.8) is 0 Å². The lowest BCUT2D eigenvalue weighted by atomic mass is 10.3. The SMILES string of the molecule is C[Si](C)(C)Nc1nc2cc(Br)ccc2s1. The fraction of sp³-hybridized carbons (Fsp3) is 0.300. The highest BCUT2D eigenvalue weighted by Crippen LogP contribution is 2.29. The Labute approximate surface area is 103 Å². The minimum atomic E-state index is -1.29. The highest BCUT2D eigenvalue weighted by Gasteiger charge is 2.15. The number of anilines is 1. The van der Waals surface area contributed by atoms with E-state index in [4.69, 9.17) is 0 Å². The van der Waals surface area contributed by atoms with Crippen LogP contribution in [0.1, 0.15) is 0 Å². The molecule has 0 unspecified atom stereocenters. The van der Waals surface area contributed by atoms with Gasteiger partial charge in [-0.1, -0.05) is 46.9 Å². The zero-order valence-corrected chi connectivity index (χ0v) is 12.4. The maximum atomic E-state index is 4.57. The van der Waals surface area contributed by atoms with Crippen LogP contribution >= 0.6 is 27.3 Å². The lowest BCUT2D eigenvalue weighted by Gasteiger charge is -2.16. The summed E-state index contributed by atoms with van der Waals surface area (Å²) in [7, 11) is -1.29. The number of nitrogens with one attached hydrogen (secondary N) is 1. The van der Waals surface area contributed by atoms with Crippen molar-refractivity contribution in [3.05, 3.63) is 22.7 Å². The second-order valence-corrected chi connectivity index (χ2v) is 11.2. The van der Waals surface area contributed by atoms with Gasteiger partial charge in [0.15, 0.2) is 5.13 Å². The Morgan fingerprint density at radius 3 is 2.73 bits per heavy atom. The van der Waals surface area contributed by atoms with E-state index < -0.39 is 8.24 Å². The van der Waals surface area contributed by atoms with Crippen LogP contribution in [-0.4, -0.2) is 13.2 Å². The fourth-order valence-corrected chi connectivity index (χ4v) is 4.14. The Morgan fingerprint density at radius 1 is 1.33 bits per heavy atom. The van der Waals surface area contributed by atoms with Crippen molar-refractivity contribution in [2.75, 3.05) is 4.98 Å². The molecule has 0 aliphatic rings. The number of rotatable bonds is 2. The van der Waals surface area contributed by atoms with E-state index in [-0.39, 0.29) is 0 Å². The van der Waals surface area contributed by atoms with Crippen LogP contribution in [0.4, 0.5) is 5.13 Å². The summed E-state index contributed by atoms with van der Waals surface area (Å²) in [6.07, 6.45) is 0. The second kappa shape index (κ2) is 3.88. The summed E-state index contributed by atoms with van der Waals surface area (Å²) in [5.41, 5.74) is 1.06. The van der Waals surface area contributed by atoms with Gasteiger partial charge < -0.3 is 4.98 Å². The highest BCUT2D eigenvalue weighted by atomic mass is 79.9. The molecule has 2 rings (SSSR count). The number of aromatic nitrogens is 1. The van der Waals surface area contributed by atoms with E-state index in [0.29, 0.717) is 0 Å². The van der Waals surface area contributed by atoms with E-state index in [9.17, 15) is 0 Å². The van der Waals surface area contributed by atoms with Crippen molar-refractivity contribution < 1.29 is 0 Å². The predicted octanol–water partition coefficient (Wildman–Crippen LogP) is 4.31. The number of benzene rings is 1. The molecule has 5 heteroatoms. The zero-order chi connectivity index (χ0) is 11.1. The Bertz CT molecular complexity index is 490. The molecule has 0 atom stereocenters. The molecule has 0 aliphatic carbocycles. The second-order valence-electron chi connectivity index (χ2n) is 4.51. The summed E-state index contributed by atoms with van der Waals surface area (Å²) in [5.74, 6) is 0. The molecule has 0 saturated heterocycles. The third-order valence-corrected chi connectivity index (χ3v) is 4.44. The maximum Gasteiger partial charge on any atom is 0.175 e. The lowest BCUT2D eigenvalue weighted by Crippen LogP contribution is -2.31. The van der Waals surface area contributed by atoms with E-state index in [0.717, 1.165) is 15.1 Å². The number of halogens is 1. The molecule has 0 radical (unpaired) electrons. The average molecular weight is 301 g/mol. The monoisotopic (exact) mass is 300 g/mol. The molecule has 0 fully saturated rings. The predicted molar refractivity (Wildman–Crippen MR) is 74.3 cm³/mol. The van der Waals surface area contributed by atoms with Crippen molar-refractivity contribution in [3.8, 4) is 0 Å². The third kappa shape index (κ3) is 2.80. The van der Waals surface area contributed by atoms with Gasteiger partial charge >= 0.3 is 0 Å². The number of thiazole rings is 1.